The molecule has 1 N–H and O–H groups in total. The summed E-state index contributed by atoms with van der Waals surface area (Å²) in [6.07, 6.45) is 1.41. The third-order valence-electron chi connectivity index (χ3n) is 3.95. The zero-order valence-corrected chi connectivity index (χ0v) is 17.7. The molecule has 29 heavy (non-hydrogen) atoms. The van der Waals surface area contributed by atoms with Gasteiger partial charge in [0.25, 0.3) is 5.91 Å². The van der Waals surface area contributed by atoms with Crippen LogP contribution in [-0.4, -0.2) is 18.1 Å². The van der Waals surface area contributed by atoms with E-state index in [1.807, 2.05) is 19.1 Å². The molecule has 0 aliphatic rings. The first-order valence-electron chi connectivity index (χ1n) is 8.60. The normalized spacial score (nSPS) is 10.7. The van der Waals surface area contributed by atoms with E-state index >= 15 is 0 Å². The average molecular weight is 472 g/mol. The summed E-state index contributed by atoms with van der Waals surface area (Å²) in [6.45, 7) is 1.94. The van der Waals surface area contributed by atoms with Gasteiger partial charge in [-0.15, -0.1) is 0 Å². The lowest BCUT2D eigenvalue weighted by atomic mass is 10.1. The van der Waals surface area contributed by atoms with Crippen LogP contribution in [0.5, 0.6) is 5.75 Å². The quantitative estimate of drug-likeness (QED) is 0.235. The van der Waals surface area contributed by atoms with Crippen LogP contribution in [0.4, 0.5) is 0 Å². The number of hydrogen-bond acceptors (Lipinski definition) is 4. The maximum Gasteiger partial charge on any atom is 0.345 e. The number of halogens is 2. The molecule has 0 atom stereocenters. The number of hydrazone groups is 1. The van der Waals surface area contributed by atoms with Crippen molar-refractivity contribution in [2.75, 3.05) is 0 Å². The van der Waals surface area contributed by atoms with Crippen molar-refractivity contribution < 1.29 is 14.3 Å². The van der Waals surface area contributed by atoms with Crippen molar-refractivity contribution >= 4 is 45.6 Å². The number of nitrogens with one attached hydrogen (secondary N) is 1. The van der Waals surface area contributed by atoms with Crippen molar-refractivity contribution in [2.24, 2.45) is 5.10 Å². The monoisotopic (exact) mass is 470 g/mol. The van der Waals surface area contributed by atoms with Crippen LogP contribution in [-0.2, 0) is 0 Å². The summed E-state index contributed by atoms with van der Waals surface area (Å²) in [5.41, 5.74) is 4.77. The highest BCUT2D eigenvalue weighted by Gasteiger charge is 2.14. The summed E-state index contributed by atoms with van der Waals surface area (Å²) < 4.78 is 6.24. The average Bonchev–Trinajstić information content (AvgIpc) is 2.70. The number of nitrogens with zero attached hydrogens (tertiary/aromatic N) is 1. The van der Waals surface area contributed by atoms with Crippen molar-refractivity contribution in [1.29, 1.82) is 0 Å². The molecule has 0 heterocycles. The van der Waals surface area contributed by atoms with Crippen LogP contribution in [0.2, 0.25) is 5.02 Å². The van der Waals surface area contributed by atoms with E-state index in [0.29, 0.717) is 16.1 Å². The summed E-state index contributed by atoms with van der Waals surface area (Å²) in [7, 11) is 0. The maximum atomic E-state index is 12.4. The summed E-state index contributed by atoms with van der Waals surface area (Å²) in [5, 5.41) is 4.28. The van der Waals surface area contributed by atoms with Gasteiger partial charge in [0.15, 0.2) is 0 Å². The van der Waals surface area contributed by atoms with Crippen molar-refractivity contribution in [3.63, 3.8) is 0 Å². The third kappa shape index (κ3) is 5.53. The number of ether oxygens (including phenoxy) is 1. The second kappa shape index (κ2) is 9.49. The summed E-state index contributed by atoms with van der Waals surface area (Å²) in [4.78, 5) is 24.6. The van der Waals surface area contributed by atoms with Gasteiger partial charge in [0, 0.05) is 15.6 Å². The van der Waals surface area contributed by atoms with Gasteiger partial charge >= 0.3 is 5.97 Å². The molecule has 0 spiro atoms. The summed E-state index contributed by atoms with van der Waals surface area (Å²) in [5.74, 6) is -0.645. The lowest BCUT2D eigenvalue weighted by molar-refractivity contribution is 0.0734. The molecule has 0 aromatic heterocycles. The molecule has 0 aliphatic heterocycles. The minimum absolute atomic E-state index is 0.257. The molecule has 5 nitrogen and oxygen atoms in total. The summed E-state index contributed by atoms with van der Waals surface area (Å²) in [6, 6.07) is 18.8. The Bertz CT molecular complexity index is 1080. The predicted molar refractivity (Wildman–Crippen MR) is 117 cm³/mol. The largest absolute Gasteiger partial charge is 0.422 e. The molecule has 146 valence electrons. The highest BCUT2D eigenvalue weighted by molar-refractivity contribution is 9.10. The second-order valence-electron chi connectivity index (χ2n) is 6.12. The number of carbonyl (C=O) groups is 2. The maximum absolute atomic E-state index is 12.4. The summed E-state index contributed by atoms with van der Waals surface area (Å²) >= 11 is 9.43. The van der Waals surface area contributed by atoms with Crippen molar-refractivity contribution in [2.45, 2.75) is 6.92 Å². The molecule has 3 rings (SSSR count). The van der Waals surface area contributed by atoms with E-state index in [-0.39, 0.29) is 17.2 Å². The lowest BCUT2D eigenvalue weighted by Gasteiger charge is -2.09. The molecule has 7 heteroatoms. The molecule has 3 aromatic rings. The molecule has 0 aliphatic carbocycles. The topological polar surface area (TPSA) is 67.8 Å². The van der Waals surface area contributed by atoms with Crippen LogP contribution in [0.25, 0.3) is 0 Å². The number of benzene rings is 3. The fourth-order valence-electron chi connectivity index (χ4n) is 2.42. The van der Waals surface area contributed by atoms with Gasteiger partial charge in [-0.05, 0) is 49.4 Å². The van der Waals surface area contributed by atoms with Gasteiger partial charge in [-0.1, -0.05) is 57.4 Å². The molecule has 1 amide bonds. The van der Waals surface area contributed by atoms with Crippen molar-refractivity contribution in [1.82, 2.24) is 5.43 Å². The van der Waals surface area contributed by atoms with E-state index in [4.69, 9.17) is 16.3 Å². The van der Waals surface area contributed by atoms with Gasteiger partial charge < -0.3 is 4.74 Å². The third-order valence-corrected chi connectivity index (χ3v) is 4.77. The van der Waals surface area contributed by atoms with Gasteiger partial charge in [0.1, 0.15) is 5.75 Å². The molecule has 3 aromatic carbocycles. The van der Waals surface area contributed by atoms with E-state index in [1.165, 1.54) is 6.21 Å². The Morgan fingerprint density at radius 3 is 2.52 bits per heavy atom. The van der Waals surface area contributed by atoms with Gasteiger partial charge in [-0.3, -0.25) is 4.79 Å². The molecule has 0 bridgehead atoms. The van der Waals surface area contributed by atoms with E-state index in [1.54, 1.807) is 54.6 Å². The fourth-order valence-corrected chi connectivity index (χ4v) is 3.02. The van der Waals surface area contributed by atoms with Crippen LogP contribution in [0.15, 0.2) is 76.3 Å². The molecule has 0 unspecified atom stereocenters. The van der Waals surface area contributed by atoms with Crippen LogP contribution >= 0.6 is 27.5 Å². The van der Waals surface area contributed by atoms with E-state index in [0.717, 1.165) is 10.0 Å². The Morgan fingerprint density at radius 1 is 1.07 bits per heavy atom. The smallest absolute Gasteiger partial charge is 0.345 e. The van der Waals surface area contributed by atoms with Crippen molar-refractivity contribution in [3.05, 3.63) is 98.5 Å². The van der Waals surface area contributed by atoms with Crippen molar-refractivity contribution in [3.8, 4) is 5.75 Å². The Labute approximate surface area is 181 Å². The van der Waals surface area contributed by atoms with Crippen LogP contribution < -0.4 is 10.2 Å². The highest BCUT2D eigenvalue weighted by atomic mass is 79.9. The van der Waals surface area contributed by atoms with Crippen LogP contribution in [0.3, 0.4) is 0 Å². The number of amides is 1. The van der Waals surface area contributed by atoms with E-state index in [9.17, 15) is 9.59 Å². The lowest BCUT2D eigenvalue weighted by Crippen LogP contribution is -2.17. The zero-order valence-electron chi connectivity index (χ0n) is 15.4. The number of esters is 1. The predicted octanol–water partition coefficient (Wildman–Crippen LogP) is 5.39. The number of hydrogen-bond donors (Lipinski definition) is 1. The minimum atomic E-state index is -0.587. The Morgan fingerprint density at radius 2 is 1.79 bits per heavy atom. The first-order chi connectivity index (χ1) is 13.9. The molecule has 0 radical (unpaired) electrons. The van der Waals surface area contributed by atoms with Crippen LogP contribution in [0.1, 0.15) is 31.8 Å². The number of aryl methyl sites for hydroxylation is 1. The Kier molecular flexibility index (Phi) is 6.80. The Hall–Kier alpha value is -2.96. The zero-order chi connectivity index (χ0) is 20.8. The van der Waals surface area contributed by atoms with Gasteiger partial charge in [-0.2, -0.15) is 5.10 Å². The molecular formula is C22H16BrClN2O3. The van der Waals surface area contributed by atoms with Gasteiger partial charge in [-0.25, -0.2) is 10.2 Å². The minimum Gasteiger partial charge on any atom is -0.422 e. The first-order valence-corrected chi connectivity index (χ1v) is 9.77. The fraction of sp³-hybridized carbons (Fsp3) is 0.0455. The SMILES string of the molecule is Cc1ccc(C(=O)NN=Cc2cc(Br)ccc2OC(=O)c2ccccc2Cl)cc1. The molecular weight excluding hydrogens is 456 g/mol. The molecule has 0 fully saturated rings. The molecule has 0 saturated heterocycles. The first kappa shape index (κ1) is 20.8. The molecule has 0 saturated carbocycles. The highest BCUT2D eigenvalue weighted by Crippen LogP contribution is 2.24. The van der Waals surface area contributed by atoms with Gasteiger partial charge in [0.2, 0.25) is 0 Å². The standard InChI is InChI=1S/C22H16BrClN2O3/c1-14-6-8-15(9-7-14)21(27)26-25-13-16-12-17(23)10-11-20(16)29-22(28)18-4-2-3-5-19(18)24/h2-13H,1H3,(H,26,27). The number of rotatable bonds is 5. The van der Waals surface area contributed by atoms with Gasteiger partial charge in [0.05, 0.1) is 16.8 Å². The Balaban J connectivity index is 1.75. The van der Waals surface area contributed by atoms with Crippen LogP contribution in [0, 0.1) is 6.92 Å². The second-order valence-corrected chi connectivity index (χ2v) is 7.44. The van der Waals surface area contributed by atoms with E-state index in [2.05, 4.69) is 26.5 Å². The number of carbonyl (C=O) groups excluding carboxylic acids is 2. The van der Waals surface area contributed by atoms with E-state index < -0.39 is 5.97 Å².